The molecule has 0 aliphatic rings. The molecule has 0 aromatic rings. The molecule has 0 heterocycles. The summed E-state index contributed by atoms with van der Waals surface area (Å²) in [5, 5.41) is 0. The first kappa shape index (κ1) is 53.5. The summed E-state index contributed by atoms with van der Waals surface area (Å²) in [6.45, 7) is 6.52. The Bertz CT molecular complexity index is 1200. The number of carbonyl (C=O) groups is 2. The molecule has 1 unspecified atom stereocenters. The molecule has 0 spiro atoms. The van der Waals surface area contributed by atoms with Crippen LogP contribution < -0.4 is 0 Å². The lowest BCUT2D eigenvalue weighted by molar-refractivity contribution is -0.870. The number of rotatable bonds is 37. The molecular formula is C46H81NO8P+. The van der Waals surface area contributed by atoms with E-state index in [0.29, 0.717) is 17.4 Å². The van der Waals surface area contributed by atoms with Crippen molar-refractivity contribution in [2.75, 3.05) is 47.5 Å². The molecule has 2 atom stereocenters. The standard InChI is InChI=1S/C46H80NO8P/c1-7-8-9-10-11-12-13-14-15-16-17-18-19-20-21-26-29-32-35-38-46(49)55-44(42-54-56(50,51)53-40-39-47(4,5)6)41-52-45(48)37-34-31-28-25-23-22-24-27-30-33-36-43(2)3/h15-21,26,29,32,35,38,43-44H,7-14,22-25,27-28,30-31,33-34,36-37,39-42H2,1-6H3/p+1/t44-/m1/s1. The maximum absolute atomic E-state index is 12.6. The predicted molar refractivity (Wildman–Crippen MR) is 233 cm³/mol. The van der Waals surface area contributed by atoms with Gasteiger partial charge in [0.05, 0.1) is 27.7 Å². The number of allylic oxidation sites excluding steroid dienone is 11. The zero-order valence-electron chi connectivity index (χ0n) is 36.3. The molecule has 0 aliphatic carbocycles. The molecule has 10 heteroatoms. The van der Waals surface area contributed by atoms with E-state index in [1.807, 2.05) is 57.6 Å². The summed E-state index contributed by atoms with van der Waals surface area (Å²) in [5.74, 6) is -0.325. The Morgan fingerprint density at radius 3 is 1.70 bits per heavy atom. The van der Waals surface area contributed by atoms with Gasteiger partial charge in [-0.2, -0.15) is 0 Å². The van der Waals surface area contributed by atoms with Gasteiger partial charge in [-0.15, -0.1) is 0 Å². The van der Waals surface area contributed by atoms with Gasteiger partial charge in [-0.25, -0.2) is 9.36 Å². The zero-order chi connectivity index (χ0) is 41.6. The van der Waals surface area contributed by atoms with Gasteiger partial charge in [0.2, 0.25) is 0 Å². The van der Waals surface area contributed by atoms with E-state index in [4.69, 9.17) is 18.5 Å². The van der Waals surface area contributed by atoms with Gasteiger partial charge < -0.3 is 18.9 Å². The molecule has 0 aromatic heterocycles. The molecule has 1 N–H and O–H groups in total. The first-order valence-corrected chi connectivity index (χ1v) is 23.1. The fraction of sp³-hybridized carbons (Fsp3) is 0.696. The van der Waals surface area contributed by atoms with E-state index in [2.05, 4.69) is 32.9 Å². The Morgan fingerprint density at radius 1 is 0.643 bits per heavy atom. The third-order valence-corrected chi connectivity index (χ3v) is 9.89. The van der Waals surface area contributed by atoms with Gasteiger partial charge in [-0.05, 0) is 25.2 Å². The Morgan fingerprint density at radius 2 is 1.14 bits per heavy atom. The molecule has 0 amide bonds. The van der Waals surface area contributed by atoms with Crippen molar-refractivity contribution in [3.05, 3.63) is 72.9 Å². The van der Waals surface area contributed by atoms with E-state index in [9.17, 15) is 19.0 Å². The van der Waals surface area contributed by atoms with Gasteiger partial charge in [0.1, 0.15) is 19.8 Å². The SMILES string of the molecule is CCCCCCCCCC=CC=CC=CC=CC=CC=CC(=O)O[C@H](COC(=O)CCCCCCCCCCCCC(C)C)COP(=O)(O)OCC[N+](C)(C)C. The molecule has 56 heavy (non-hydrogen) atoms. The largest absolute Gasteiger partial charge is 0.472 e. The fourth-order valence-electron chi connectivity index (χ4n) is 5.50. The number of ether oxygens (including phenoxy) is 2. The third kappa shape index (κ3) is 41.1. The number of phosphoric acid groups is 1. The van der Waals surface area contributed by atoms with Crippen LogP contribution in [0.4, 0.5) is 0 Å². The molecular weight excluding hydrogens is 725 g/mol. The predicted octanol–water partition coefficient (Wildman–Crippen LogP) is 12.1. The van der Waals surface area contributed by atoms with E-state index in [1.165, 1.54) is 108 Å². The fourth-order valence-corrected chi connectivity index (χ4v) is 6.24. The minimum absolute atomic E-state index is 0.00190. The lowest BCUT2D eigenvalue weighted by Crippen LogP contribution is -2.37. The Labute approximate surface area is 342 Å². The number of likely N-dealkylation sites (N-methyl/N-ethyl adjacent to an activating group) is 1. The third-order valence-electron chi connectivity index (χ3n) is 8.91. The van der Waals surface area contributed by atoms with Crippen molar-refractivity contribution >= 4 is 19.8 Å². The summed E-state index contributed by atoms with van der Waals surface area (Å²) < 4.78 is 34.0. The van der Waals surface area contributed by atoms with Gasteiger partial charge in [0.15, 0.2) is 6.10 Å². The number of hydrogen-bond donors (Lipinski definition) is 1. The zero-order valence-corrected chi connectivity index (χ0v) is 37.1. The molecule has 322 valence electrons. The van der Waals surface area contributed by atoms with E-state index < -0.39 is 32.5 Å². The number of nitrogens with zero attached hydrogens (tertiary/aromatic N) is 1. The molecule has 0 bridgehead atoms. The van der Waals surface area contributed by atoms with Crippen LogP contribution in [0.15, 0.2) is 72.9 Å². The molecule has 0 saturated heterocycles. The van der Waals surface area contributed by atoms with Crippen LogP contribution in [0, 0.1) is 5.92 Å². The Hall–Kier alpha value is -2.55. The van der Waals surface area contributed by atoms with Crippen LogP contribution in [-0.4, -0.2) is 74.9 Å². The summed E-state index contributed by atoms with van der Waals surface area (Å²) in [6, 6.07) is 0. The number of phosphoric ester groups is 1. The highest BCUT2D eigenvalue weighted by Gasteiger charge is 2.26. The summed E-state index contributed by atoms with van der Waals surface area (Å²) in [7, 11) is 1.38. The van der Waals surface area contributed by atoms with Crippen LogP contribution in [0.3, 0.4) is 0 Å². The smallest absolute Gasteiger partial charge is 0.462 e. The number of carbonyl (C=O) groups excluding carboxylic acids is 2. The molecule has 0 rings (SSSR count). The van der Waals surface area contributed by atoms with Crippen molar-refractivity contribution in [1.82, 2.24) is 0 Å². The Balaban J connectivity index is 4.65. The van der Waals surface area contributed by atoms with Crippen LogP contribution in [0.1, 0.15) is 149 Å². The van der Waals surface area contributed by atoms with Crippen LogP contribution in [0.25, 0.3) is 0 Å². The second kappa shape index (κ2) is 36.8. The van der Waals surface area contributed by atoms with Gasteiger partial charge in [-0.1, -0.05) is 190 Å². The first-order chi connectivity index (χ1) is 26.8. The average Bonchev–Trinajstić information content (AvgIpc) is 3.13. The normalized spacial score (nSPS) is 14.4. The summed E-state index contributed by atoms with van der Waals surface area (Å²) in [5.41, 5.74) is 0. The summed E-state index contributed by atoms with van der Waals surface area (Å²) in [6.07, 6.45) is 44.6. The van der Waals surface area contributed by atoms with E-state index in [-0.39, 0.29) is 19.6 Å². The quantitative estimate of drug-likeness (QED) is 0.0165. The molecule has 9 nitrogen and oxygen atoms in total. The number of quaternary nitrogens is 1. The second-order valence-corrected chi connectivity index (χ2v) is 17.5. The number of hydrogen-bond acceptors (Lipinski definition) is 7. The van der Waals surface area contributed by atoms with Crippen molar-refractivity contribution in [2.45, 2.75) is 155 Å². The molecule has 0 aromatic carbocycles. The number of esters is 2. The maximum atomic E-state index is 12.6. The van der Waals surface area contributed by atoms with Crippen LogP contribution in [-0.2, 0) is 32.7 Å². The summed E-state index contributed by atoms with van der Waals surface area (Å²) in [4.78, 5) is 35.2. The van der Waals surface area contributed by atoms with Crippen LogP contribution in [0.2, 0.25) is 0 Å². The molecule has 0 aliphatic heterocycles. The lowest BCUT2D eigenvalue weighted by Gasteiger charge is -2.24. The second-order valence-electron chi connectivity index (χ2n) is 16.1. The van der Waals surface area contributed by atoms with Crippen LogP contribution >= 0.6 is 7.82 Å². The Kier molecular flexibility index (Phi) is 35.1. The molecule has 0 fully saturated rings. The highest BCUT2D eigenvalue weighted by molar-refractivity contribution is 7.47. The first-order valence-electron chi connectivity index (χ1n) is 21.6. The van der Waals surface area contributed by atoms with Crippen molar-refractivity contribution in [3.8, 4) is 0 Å². The van der Waals surface area contributed by atoms with E-state index in [0.717, 1.165) is 25.2 Å². The van der Waals surface area contributed by atoms with Gasteiger partial charge in [-0.3, -0.25) is 13.8 Å². The summed E-state index contributed by atoms with van der Waals surface area (Å²) >= 11 is 0. The van der Waals surface area contributed by atoms with Gasteiger partial charge >= 0.3 is 19.8 Å². The van der Waals surface area contributed by atoms with Crippen molar-refractivity contribution in [3.63, 3.8) is 0 Å². The number of unbranched alkanes of at least 4 members (excludes halogenated alkanes) is 16. The topological polar surface area (TPSA) is 108 Å². The highest BCUT2D eigenvalue weighted by atomic mass is 31.2. The molecule has 0 radical (unpaired) electrons. The van der Waals surface area contributed by atoms with Crippen molar-refractivity contribution in [1.29, 1.82) is 0 Å². The lowest BCUT2D eigenvalue weighted by atomic mass is 10.0. The van der Waals surface area contributed by atoms with Gasteiger partial charge in [0.25, 0.3) is 0 Å². The minimum atomic E-state index is -4.42. The highest BCUT2D eigenvalue weighted by Crippen LogP contribution is 2.43. The van der Waals surface area contributed by atoms with Crippen molar-refractivity contribution in [2.24, 2.45) is 5.92 Å². The van der Waals surface area contributed by atoms with Gasteiger partial charge in [0, 0.05) is 12.5 Å². The van der Waals surface area contributed by atoms with E-state index >= 15 is 0 Å². The average molecular weight is 807 g/mol. The van der Waals surface area contributed by atoms with E-state index in [1.54, 1.807) is 12.2 Å². The van der Waals surface area contributed by atoms with Crippen LogP contribution in [0.5, 0.6) is 0 Å². The monoisotopic (exact) mass is 807 g/mol. The maximum Gasteiger partial charge on any atom is 0.472 e. The van der Waals surface area contributed by atoms with Crippen molar-refractivity contribution < 1.29 is 42.1 Å². The molecule has 0 saturated carbocycles. The minimum Gasteiger partial charge on any atom is -0.462 e.